The van der Waals surface area contributed by atoms with Crippen molar-refractivity contribution in [3.8, 4) is 5.75 Å². The summed E-state index contributed by atoms with van der Waals surface area (Å²) in [5.74, 6) is 0.695. The summed E-state index contributed by atoms with van der Waals surface area (Å²) < 4.78 is 10.8. The molecule has 0 radical (unpaired) electrons. The van der Waals surface area contributed by atoms with Crippen molar-refractivity contribution in [3.05, 3.63) is 28.2 Å². The number of methoxy groups -OCH3 is 1. The lowest BCUT2D eigenvalue weighted by atomic mass is 10.1. The van der Waals surface area contributed by atoms with Crippen LogP contribution in [0.25, 0.3) is 0 Å². The van der Waals surface area contributed by atoms with Crippen molar-refractivity contribution in [1.82, 2.24) is 0 Å². The number of carbonyl (C=O) groups is 1. The topological polar surface area (TPSA) is 35.5 Å². The minimum absolute atomic E-state index is 0.0315. The summed E-state index contributed by atoms with van der Waals surface area (Å²) in [7, 11) is 1.55. The molecule has 1 rings (SSSR count). The molecule has 0 atom stereocenters. The summed E-state index contributed by atoms with van der Waals surface area (Å²) in [5, 5.41) is 0. The smallest absolute Gasteiger partial charge is 0.188 e. The van der Waals surface area contributed by atoms with Gasteiger partial charge in [0.05, 0.1) is 4.47 Å². The Balaban J connectivity index is 2.84. The fourth-order valence-electron chi connectivity index (χ4n) is 0.959. The second-order valence-corrected chi connectivity index (χ2v) is 3.61. The number of Topliss-reactive ketones (excluding diaryl/α,β-unsaturated/α-hetero) is 1. The first-order valence-electron chi connectivity index (χ1n) is 4.07. The van der Waals surface area contributed by atoms with Gasteiger partial charge in [0, 0.05) is 12.7 Å². The zero-order valence-electron chi connectivity index (χ0n) is 8.04. The van der Waals surface area contributed by atoms with Crippen LogP contribution >= 0.6 is 15.9 Å². The average molecular weight is 259 g/mol. The van der Waals surface area contributed by atoms with Crippen LogP contribution in [0.15, 0.2) is 22.7 Å². The Kier molecular flexibility index (Phi) is 4.10. The minimum Gasteiger partial charge on any atom is -0.466 e. The Hall–Kier alpha value is -0.870. The molecule has 0 aliphatic rings. The number of halogens is 1. The number of rotatable bonds is 4. The first-order chi connectivity index (χ1) is 6.65. The molecule has 0 unspecified atom stereocenters. The highest BCUT2D eigenvalue weighted by atomic mass is 79.9. The van der Waals surface area contributed by atoms with Gasteiger partial charge >= 0.3 is 0 Å². The maximum absolute atomic E-state index is 11.0. The van der Waals surface area contributed by atoms with E-state index in [4.69, 9.17) is 9.47 Å². The van der Waals surface area contributed by atoms with E-state index in [9.17, 15) is 4.79 Å². The second-order valence-electron chi connectivity index (χ2n) is 2.75. The zero-order valence-corrected chi connectivity index (χ0v) is 9.63. The SMILES string of the molecule is COCOc1ccc(C(C)=O)cc1Br. The molecule has 0 saturated carbocycles. The molecule has 4 heteroatoms. The molecule has 0 aliphatic carbocycles. The normalized spacial score (nSPS) is 9.93. The van der Waals surface area contributed by atoms with Crippen LogP contribution in [0.1, 0.15) is 17.3 Å². The standard InChI is InChI=1S/C10H11BrO3/c1-7(12)8-3-4-10(9(11)5-8)14-6-13-2/h3-5H,6H2,1-2H3. The Morgan fingerprint density at radius 2 is 2.21 bits per heavy atom. The lowest BCUT2D eigenvalue weighted by Gasteiger charge is -2.07. The van der Waals surface area contributed by atoms with E-state index in [2.05, 4.69) is 15.9 Å². The molecule has 0 N–H and O–H groups in total. The van der Waals surface area contributed by atoms with Crippen LogP contribution in [-0.4, -0.2) is 19.7 Å². The monoisotopic (exact) mass is 258 g/mol. The first kappa shape index (κ1) is 11.2. The summed E-state index contributed by atoms with van der Waals surface area (Å²) >= 11 is 3.31. The van der Waals surface area contributed by atoms with Gasteiger partial charge in [-0.15, -0.1) is 0 Å². The van der Waals surface area contributed by atoms with E-state index in [0.717, 1.165) is 4.47 Å². The van der Waals surface area contributed by atoms with Crippen LogP contribution in [0.5, 0.6) is 5.75 Å². The molecule has 14 heavy (non-hydrogen) atoms. The van der Waals surface area contributed by atoms with Gasteiger partial charge in [0.1, 0.15) is 5.75 Å². The number of hydrogen-bond donors (Lipinski definition) is 0. The van der Waals surface area contributed by atoms with Gasteiger partial charge in [-0.25, -0.2) is 0 Å². The third-order valence-corrected chi connectivity index (χ3v) is 2.29. The van der Waals surface area contributed by atoms with Gasteiger partial charge in [0.15, 0.2) is 12.6 Å². The van der Waals surface area contributed by atoms with Crippen LogP contribution in [-0.2, 0) is 4.74 Å². The van der Waals surface area contributed by atoms with E-state index in [0.29, 0.717) is 11.3 Å². The third-order valence-electron chi connectivity index (χ3n) is 1.67. The number of carbonyl (C=O) groups excluding carboxylic acids is 1. The number of ketones is 1. The lowest BCUT2D eigenvalue weighted by Crippen LogP contribution is -2.00. The summed E-state index contributed by atoms with van der Waals surface area (Å²) in [5.41, 5.74) is 0.654. The second kappa shape index (κ2) is 5.12. The van der Waals surface area contributed by atoms with Gasteiger partial charge in [-0.2, -0.15) is 0 Å². The molecule has 1 aromatic rings. The van der Waals surface area contributed by atoms with Crippen molar-refractivity contribution in [2.75, 3.05) is 13.9 Å². The number of benzene rings is 1. The maximum atomic E-state index is 11.0. The first-order valence-corrected chi connectivity index (χ1v) is 4.86. The molecular weight excluding hydrogens is 248 g/mol. The Bertz CT molecular complexity index is 336. The van der Waals surface area contributed by atoms with E-state index in [1.165, 1.54) is 6.92 Å². The summed E-state index contributed by atoms with van der Waals surface area (Å²) in [6.45, 7) is 1.72. The van der Waals surface area contributed by atoms with Gasteiger partial charge in [-0.3, -0.25) is 4.79 Å². The molecule has 0 bridgehead atoms. The predicted octanol–water partition coefficient (Wildman–Crippen LogP) is 2.63. The lowest BCUT2D eigenvalue weighted by molar-refractivity contribution is 0.0506. The molecule has 0 aromatic heterocycles. The van der Waals surface area contributed by atoms with Gasteiger partial charge in [-0.05, 0) is 41.1 Å². The van der Waals surface area contributed by atoms with Crippen molar-refractivity contribution >= 4 is 21.7 Å². The van der Waals surface area contributed by atoms with Gasteiger partial charge in [0.25, 0.3) is 0 Å². The van der Waals surface area contributed by atoms with E-state index in [-0.39, 0.29) is 12.6 Å². The highest BCUT2D eigenvalue weighted by molar-refractivity contribution is 9.10. The summed E-state index contributed by atoms with van der Waals surface area (Å²) in [4.78, 5) is 11.0. The zero-order chi connectivity index (χ0) is 10.6. The Morgan fingerprint density at radius 1 is 1.50 bits per heavy atom. The molecule has 0 saturated heterocycles. The van der Waals surface area contributed by atoms with Crippen molar-refractivity contribution in [1.29, 1.82) is 0 Å². The molecular formula is C10H11BrO3. The molecule has 0 amide bonds. The molecule has 3 nitrogen and oxygen atoms in total. The van der Waals surface area contributed by atoms with Crippen molar-refractivity contribution in [2.45, 2.75) is 6.92 Å². The molecule has 0 spiro atoms. The minimum atomic E-state index is 0.0315. The average Bonchev–Trinajstić information content (AvgIpc) is 2.15. The molecule has 76 valence electrons. The van der Waals surface area contributed by atoms with Gasteiger partial charge < -0.3 is 9.47 Å². The molecule has 1 aromatic carbocycles. The number of hydrogen-bond acceptors (Lipinski definition) is 3. The van der Waals surface area contributed by atoms with Crippen LogP contribution in [0.3, 0.4) is 0 Å². The highest BCUT2D eigenvalue weighted by Crippen LogP contribution is 2.26. The van der Waals surface area contributed by atoms with Crippen LogP contribution < -0.4 is 4.74 Å². The maximum Gasteiger partial charge on any atom is 0.188 e. The van der Waals surface area contributed by atoms with Crippen LogP contribution in [0.2, 0.25) is 0 Å². The van der Waals surface area contributed by atoms with Crippen molar-refractivity contribution in [3.63, 3.8) is 0 Å². The van der Waals surface area contributed by atoms with Crippen molar-refractivity contribution < 1.29 is 14.3 Å². The molecule has 0 aliphatic heterocycles. The molecule has 0 heterocycles. The Morgan fingerprint density at radius 3 is 2.71 bits per heavy atom. The fraction of sp³-hybridized carbons (Fsp3) is 0.300. The summed E-state index contributed by atoms with van der Waals surface area (Å²) in [6.07, 6.45) is 0. The molecule has 0 fully saturated rings. The Labute approximate surface area is 91.1 Å². The largest absolute Gasteiger partial charge is 0.466 e. The summed E-state index contributed by atoms with van der Waals surface area (Å²) in [6, 6.07) is 5.19. The van der Waals surface area contributed by atoms with Crippen molar-refractivity contribution in [2.24, 2.45) is 0 Å². The fourth-order valence-corrected chi connectivity index (χ4v) is 1.45. The van der Waals surface area contributed by atoms with E-state index >= 15 is 0 Å². The quantitative estimate of drug-likeness (QED) is 0.616. The van der Waals surface area contributed by atoms with Crippen LogP contribution in [0, 0.1) is 0 Å². The number of ether oxygens (including phenoxy) is 2. The van der Waals surface area contributed by atoms with Gasteiger partial charge in [0.2, 0.25) is 0 Å². The van der Waals surface area contributed by atoms with E-state index in [1.807, 2.05) is 0 Å². The van der Waals surface area contributed by atoms with E-state index in [1.54, 1.807) is 25.3 Å². The van der Waals surface area contributed by atoms with Gasteiger partial charge in [-0.1, -0.05) is 0 Å². The van der Waals surface area contributed by atoms with Crippen LogP contribution in [0.4, 0.5) is 0 Å². The highest BCUT2D eigenvalue weighted by Gasteiger charge is 2.04. The van der Waals surface area contributed by atoms with E-state index < -0.39 is 0 Å². The third kappa shape index (κ3) is 2.82. The predicted molar refractivity (Wildman–Crippen MR) is 56.7 cm³/mol.